The summed E-state index contributed by atoms with van der Waals surface area (Å²) in [4.78, 5) is 0.794. The summed E-state index contributed by atoms with van der Waals surface area (Å²) in [5.41, 5.74) is 1.21. The van der Waals surface area contributed by atoms with E-state index in [4.69, 9.17) is 0 Å². The molecule has 0 radical (unpaired) electrons. The lowest BCUT2D eigenvalue weighted by atomic mass is 10.0. The van der Waals surface area contributed by atoms with Crippen LogP contribution in [0.25, 0.3) is 0 Å². The van der Waals surface area contributed by atoms with Gasteiger partial charge in [-0.1, -0.05) is 28.1 Å². The SMILES string of the molecule is CSc1ccc(C(Br)c2cc(F)ccc2F)cc1. The quantitative estimate of drug-likeness (QED) is 0.553. The molecule has 0 bridgehead atoms. The van der Waals surface area contributed by atoms with Gasteiger partial charge in [0.1, 0.15) is 11.6 Å². The van der Waals surface area contributed by atoms with Crippen molar-refractivity contribution in [2.45, 2.75) is 9.72 Å². The Kier molecular flexibility index (Phi) is 4.40. The molecule has 0 spiro atoms. The molecule has 0 N–H and O–H groups in total. The lowest BCUT2D eigenvalue weighted by molar-refractivity contribution is 0.588. The van der Waals surface area contributed by atoms with Crippen LogP contribution in [0.1, 0.15) is 16.0 Å². The van der Waals surface area contributed by atoms with Gasteiger partial charge in [-0.05, 0) is 42.2 Å². The Balaban J connectivity index is 2.34. The molecule has 2 aromatic carbocycles. The monoisotopic (exact) mass is 328 g/mol. The van der Waals surface area contributed by atoms with Crippen molar-refractivity contribution in [3.63, 3.8) is 0 Å². The molecular formula is C14H11BrF2S. The highest BCUT2D eigenvalue weighted by molar-refractivity contribution is 9.09. The van der Waals surface area contributed by atoms with Crippen LogP contribution in [-0.2, 0) is 0 Å². The second kappa shape index (κ2) is 5.85. The minimum Gasteiger partial charge on any atom is -0.207 e. The fourth-order valence-electron chi connectivity index (χ4n) is 1.66. The third kappa shape index (κ3) is 2.93. The van der Waals surface area contributed by atoms with Gasteiger partial charge in [-0.25, -0.2) is 8.78 Å². The third-order valence-electron chi connectivity index (χ3n) is 2.64. The van der Waals surface area contributed by atoms with Crippen LogP contribution in [0.5, 0.6) is 0 Å². The van der Waals surface area contributed by atoms with Gasteiger partial charge in [-0.2, -0.15) is 0 Å². The minimum absolute atomic E-state index is 0.312. The van der Waals surface area contributed by atoms with E-state index in [-0.39, 0.29) is 4.83 Å². The van der Waals surface area contributed by atoms with Gasteiger partial charge in [-0.3, -0.25) is 0 Å². The van der Waals surface area contributed by atoms with Crippen LogP contribution in [-0.4, -0.2) is 6.26 Å². The standard InChI is InChI=1S/C14H11BrF2S/c1-18-11-5-2-9(3-6-11)14(15)12-8-10(16)4-7-13(12)17/h2-8,14H,1H3. The second-order valence-electron chi connectivity index (χ2n) is 3.80. The van der Waals surface area contributed by atoms with Crippen LogP contribution in [0, 0.1) is 11.6 Å². The fourth-order valence-corrected chi connectivity index (χ4v) is 2.73. The molecule has 0 saturated carbocycles. The molecule has 0 amide bonds. The molecule has 0 aromatic heterocycles. The van der Waals surface area contributed by atoms with Gasteiger partial charge >= 0.3 is 0 Å². The van der Waals surface area contributed by atoms with Gasteiger partial charge in [0.25, 0.3) is 0 Å². The number of rotatable bonds is 3. The molecule has 2 aromatic rings. The predicted octanol–water partition coefficient (Wildman–Crippen LogP) is 5.17. The van der Waals surface area contributed by atoms with Crippen molar-refractivity contribution in [2.24, 2.45) is 0 Å². The van der Waals surface area contributed by atoms with Crippen LogP contribution < -0.4 is 0 Å². The molecule has 4 heteroatoms. The molecule has 0 heterocycles. The topological polar surface area (TPSA) is 0 Å². The maximum atomic E-state index is 13.7. The molecule has 94 valence electrons. The number of hydrogen-bond acceptors (Lipinski definition) is 1. The Labute approximate surface area is 118 Å². The maximum Gasteiger partial charge on any atom is 0.128 e. The van der Waals surface area contributed by atoms with Gasteiger partial charge in [-0.15, -0.1) is 11.8 Å². The van der Waals surface area contributed by atoms with E-state index in [2.05, 4.69) is 15.9 Å². The van der Waals surface area contributed by atoms with Gasteiger partial charge in [0, 0.05) is 10.5 Å². The largest absolute Gasteiger partial charge is 0.207 e. The van der Waals surface area contributed by atoms with Crippen molar-refractivity contribution in [2.75, 3.05) is 6.26 Å². The van der Waals surface area contributed by atoms with Crippen molar-refractivity contribution >= 4 is 27.7 Å². The lowest BCUT2D eigenvalue weighted by Crippen LogP contribution is -1.97. The van der Waals surface area contributed by atoms with E-state index >= 15 is 0 Å². The normalized spacial score (nSPS) is 12.4. The molecular weight excluding hydrogens is 318 g/mol. The Morgan fingerprint density at radius 2 is 1.72 bits per heavy atom. The van der Waals surface area contributed by atoms with Crippen LogP contribution in [0.15, 0.2) is 47.4 Å². The fraction of sp³-hybridized carbons (Fsp3) is 0.143. The Morgan fingerprint density at radius 3 is 2.33 bits per heavy atom. The third-order valence-corrected chi connectivity index (χ3v) is 4.41. The smallest absolute Gasteiger partial charge is 0.128 e. The van der Waals surface area contributed by atoms with Crippen LogP contribution in [0.4, 0.5) is 8.78 Å². The highest BCUT2D eigenvalue weighted by atomic mass is 79.9. The maximum absolute atomic E-state index is 13.7. The van der Waals surface area contributed by atoms with Crippen molar-refractivity contribution in [1.29, 1.82) is 0 Å². The van der Waals surface area contributed by atoms with Crippen molar-refractivity contribution in [1.82, 2.24) is 0 Å². The Hall–Kier alpha value is -0.870. The molecule has 0 nitrogen and oxygen atoms in total. The van der Waals surface area contributed by atoms with Crippen LogP contribution >= 0.6 is 27.7 Å². The zero-order valence-electron chi connectivity index (χ0n) is 9.66. The molecule has 0 aliphatic carbocycles. The average molecular weight is 329 g/mol. The first kappa shape index (κ1) is 13.6. The molecule has 1 unspecified atom stereocenters. The lowest BCUT2D eigenvalue weighted by Gasteiger charge is -2.12. The molecule has 0 saturated heterocycles. The summed E-state index contributed by atoms with van der Waals surface area (Å²) in [6.07, 6.45) is 1.99. The number of hydrogen-bond donors (Lipinski definition) is 0. The summed E-state index contributed by atoms with van der Waals surface area (Å²) in [6.45, 7) is 0. The first-order valence-corrected chi connectivity index (χ1v) is 7.49. The van der Waals surface area contributed by atoms with Crippen LogP contribution in [0.2, 0.25) is 0 Å². The zero-order valence-corrected chi connectivity index (χ0v) is 12.1. The molecule has 1 atom stereocenters. The van der Waals surface area contributed by atoms with E-state index < -0.39 is 11.6 Å². The van der Waals surface area contributed by atoms with E-state index in [0.717, 1.165) is 22.6 Å². The zero-order chi connectivity index (χ0) is 13.1. The summed E-state index contributed by atoms with van der Waals surface area (Å²) < 4.78 is 26.8. The van der Waals surface area contributed by atoms with Crippen LogP contribution in [0.3, 0.4) is 0 Å². The Morgan fingerprint density at radius 1 is 1.06 bits per heavy atom. The van der Waals surface area contributed by atoms with E-state index in [9.17, 15) is 8.78 Å². The van der Waals surface area contributed by atoms with Crippen molar-refractivity contribution in [3.05, 3.63) is 65.2 Å². The van der Waals surface area contributed by atoms with E-state index in [0.29, 0.717) is 5.56 Å². The van der Waals surface area contributed by atoms with Gasteiger partial charge < -0.3 is 0 Å². The highest BCUT2D eigenvalue weighted by Crippen LogP contribution is 2.33. The number of halogens is 3. The van der Waals surface area contributed by atoms with Crippen molar-refractivity contribution in [3.8, 4) is 0 Å². The minimum atomic E-state index is -0.434. The van der Waals surface area contributed by atoms with Gasteiger partial charge in [0.15, 0.2) is 0 Å². The molecule has 0 fully saturated rings. The highest BCUT2D eigenvalue weighted by Gasteiger charge is 2.15. The van der Waals surface area contributed by atoms with E-state index in [1.54, 1.807) is 11.8 Å². The van der Waals surface area contributed by atoms with Gasteiger partial charge in [0.2, 0.25) is 0 Å². The summed E-state index contributed by atoms with van der Waals surface area (Å²) >= 11 is 5.05. The molecule has 0 aliphatic heterocycles. The summed E-state index contributed by atoms with van der Waals surface area (Å²) in [7, 11) is 0. The molecule has 0 aliphatic rings. The average Bonchev–Trinajstić information content (AvgIpc) is 2.41. The molecule has 2 rings (SSSR count). The second-order valence-corrected chi connectivity index (χ2v) is 5.60. The van der Waals surface area contributed by atoms with E-state index in [1.165, 1.54) is 6.07 Å². The predicted molar refractivity (Wildman–Crippen MR) is 75.4 cm³/mol. The number of thioether (sulfide) groups is 1. The summed E-state index contributed by atoms with van der Waals surface area (Å²) in [5.74, 6) is -0.844. The number of alkyl halides is 1. The van der Waals surface area contributed by atoms with Gasteiger partial charge in [0.05, 0.1) is 4.83 Å². The summed E-state index contributed by atoms with van der Waals surface area (Å²) in [5, 5.41) is 0. The first-order chi connectivity index (χ1) is 8.61. The first-order valence-electron chi connectivity index (χ1n) is 5.35. The number of benzene rings is 2. The van der Waals surface area contributed by atoms with Crippen molar-refractivity contribution < 1.29 is 8.78 Å². The van der Waals surface area contributed by atoms with E-state index in [1.807, 2.05) is 30.5 Å². The molecule has 18 heavy (non-hydrogen) atoms. The Bertz CT molecular complexity index is 540. The summed E-state index contributed by atoms with van der Waals surface area (Å²) in [6, 6.07) is 11.2.